The number of likely N-dealkylation sites (tertiary alicyclic amines) is 1. The predicted octanol–water partition coefficient (Wildman–Crippen LogP) is 4.44. The van der Waals surface area contributed by atoms with Crippen molar-refractivity contribution in [2.75, 3.05) is 26.8 Å². The van der Waals surface area contributed by atoms with Gasteiger partial charge in [-0.25, -0.2) is 0 Å². The number of ether oxygens (including phenoxy) is 3. The summed E-state index contributed by atoms with van der Waals surface area (Å²) >= 11 is 0. The third-order valence-electron chi connectivity index (χ3n) is 6.22. The second-order valence-electron chi connectivity index (χ2n) is 10.3. The van der Waals surface area contributed by atoms with Gasteiger partial charge in [-0.15, -0.1) is 0 Å². The highest BCUT2D eigenvalue weighted by Crippen LogP contribution is 2.29. The number of carbonyl (C=O) groups is 2. The fourth-order valence-electron chi connectivity index (χ4n) is 4.69. The number of rotatable bonds is 11. The molecule has 0 saturated carbocycles. The average molecular weight is 497 g/mol. The molecule has 3 rings (SSSR count). The standard InChI is InChI=1S/C29H40N2O5/c1-6-35-28(33)26-17-14-24(31(26)19-22-10-8-7-9-11-22)20-30(21-27(32)36-29(2,3)4)18-23-12-15-25(34-5)16-13-23/h7-13,15-16,24,26H,6,14,17-21H2,1-5H3/t24-,26+/m0/s1. The van der Waals surface area contributed by atoms with E-state index in [0.29, 0.717) is 26.2 Å². The van der Waals surface area contributed by atoms with Crippen LogP contribution in [0.25, 0.3) is 0 Å². The molecule has 7 heteroatoms. The summed E-state index contributed by atoms with van der Waals surface area (Å²) < 4.78 is 16.3. The van der Waals surface area contributed by atoms with Gasteiger partial charge in [0, 0.05) is 25.7 Å². The highest BCUT2D eigenvalue weighted by atomic mass is 16.6. The molecule has 0 bridgehead atoms. The zero-order valence-electron chi connectivity index (χ0n) is 22.2. The van der Waals surface area contributed by atoms with E-state index in [1.54, 1.807) is 7.11 Å². The van der Waals surface area contributed by atoms with Gasteiger partial charge in [0.15, 0.2) is 0 Å². The molecule has 36 heavy (non-hydrogen) atoms. The van der Waals surface area contributed by atoms with Crippen LogP contribution in [0.5, 0.6) is 5.75 Å². The minimum Gasteiger partial charge on any atom is -0.497 e. The molecule has 1 heterocycles. The molecular weight excluding hydrogens is 456 g/mol. The monoisotopic (exact) mass is 496 g/mol. The van der Waals surface area contributed by atoms with Gasteiger partial charge < -0.3 is 14.2 Å². The smallest absolute Gasteiger partial charge is 0.323 e. The molecule has 2 aromatic carbocycles. The molecule has 196 valence electrons. The summed E-state index contributed by atoms with van der Waals surface area (Å²) in [7, 11) is 1.64. The van der Waals surface area contributed by atoms with Gasteiger partial charge in [0.1, 0.15) is 17.4 Å². The lowest BCUT2D eigenvalue weighted by Crippen LogP contribution is -2.47. The number of hydrogen-bond acceptors (Lipinski definition) is 7. The van der Waals surface area contributed by atoms with Crippen LogP contribution in [0, 0.1) is 0 Å². The summed E-state index contributed by atoms with van der Waals surface area (Å²) in [4.78, 5) is 29.9. The molecule has 0 spiro atoms. The van der Waals surface area contributed by atoms with Crippen LogP contribution in [0.1, 0.15) is 51.7 Å². The molecule has 0 aromatic heterocycles. The summed E-state index contributed by atoms with van der Waals surface area (Å²) in [6.45, 7) is 9.87. The SMILES string of the molecule is CCOC(=O)[C@H]1CC[C@@H](CN(CC(=O)OC(C)(C)C)Cc2ccc(OC)cc2)N1Cc1ccccc1. The third kappa shape index (κ3) is 8.35. The van der Waals surface area contributed by atoms with Gasteiger partial charge in [-0.2, -0.15) is 0 Å². The van der Waals surface area contributed by atoms with Crippen molar-refractivity contribution in [2.24, 2.45) is 0 Å². The van der Waals surface area contributed by atoms with Crippen molar-refractivity contribution in [1.82, 2.24) is 9.80 Å². The normalized spacial score (nSPS) is 18.3. The maximum Gasteiger partial charge on any atom is 0.323 e. The summed E-state index contributed by atoms with van der Waals surface area (Å²) in [6, 6.07) is 17.9. The maximum absolute atomic E-state index is 12.8. The first-order valence-electron chi connectivity index (χ1n) is 12.7. The van der Waals surface area contributed by atoms with E-state index in [0.717, 1.165) is 29.7 Å². The number of benzene rings is 2. The highest BCUT2D eigenvalue weighted by Gasteiger charge is 2.39. The molecule has 1 fully saturated rings. The van der Waals surface area contributed by atoms with Crippen LogP contribution in [0.4, 0.5) is 0 Å². The lowest BCUT2D eigenvalue weighted by Gasteiger charge is -2.33. The lowest BCUT2D eigenvalue weighted by molar-refractivity contribution is -0.157. The van der Waals surface area contributed by atoms with Gasteiger partial charge in [0.2, 0.25) is 0 Å². The lowest BCUT2D eigenvalue weighted by atomic mass is 10.1. The Morgan fingerprint density at radius 3 is 2.31 bits per heavy atom. The zero-order chi connectivity index (χ0) is 26.1. The van der Waals surface area contributed by atoms with E-state index >= 15 is 0 Å². The quantitative estimate of drug-likeness (QED) is 0.426. The van der Waals surface area contributed by atoms with Gasteiger partial charge in [0.25, 0.3) is 0 Å². The van der Waals surface area contributed by atoms with Crippen molar-refractivity contribution >= 4 is 11.9 Å². The topological polar surface area (TPSA) is 68.3 Å². The molecule has 0 amide bonds. The molecule has 1 aliphatic rings. The number of methoxy groups -OCH3 is 1. The Bertz CT molecular complexity index is 971. The van der Waals surface area contributed by atoms with Gasteiger partial charge >= 0.3 is 11.9 Å². The van der Waals surface area contributed by atoms with Gasteiger partial charge in [-0.05, 0) is 63.8 Å². The second-order valence-corrected chi connectivity index (χ2v) is 10.3. The molecule has 1 aliphatic heterocycles. The van der Waals surface area contributed by atoms with Gasteiger partial charge in [0.05, 0.1) is 20.3 Å². The van der Waals surface area contributed by atoms with Crippen molar-refractivity contribution < 1.29 is 23.8 Å². The van der Waals surface area contributed by atoms with Crippen LogP contribution in [0.2, 0.25) is 0 Å². The number of carbonyl (C=O) groups excluding carboxylic acids is 2. The number of esters is 2. The molecule has 0 N–H and O–H groups in total. The third-order valence-corrected chi connectivity index (χ3v) is 6.22. The van der Waals surface area contributed by atoms with Crippen molar-refractivity contribution in [3.63, 3.8) is 0 Å². The van der Waals surface area contributed by atoms with E-state index in [2.05, 4.69) is 21.9 Å². The Morgan fingerprint density at radius 2 is 1.69 bits per heavy atom. The van der Waals surface area contributed by atoms with E-state index < -0.39 is 5.60 Å². The van der Waals surface area contributed by atoms with Crippen LogP contribution in [-0.4, -0.2) is 66.2 Å². The Hall–Kier alpha value is -2.90. The minimum absolute atomic E-state index is 0.0975. The fourth-order valence-corrected chi connectivity index (χ4v) is 4.69. The Kier molecular flexibility index (Phi) is 9.90. The molecule has 7 nitrogen and oxygen atoms in total. The van der Waals surface area contributed by atoms with Crippen LogP contribution in [0.15, 0.2) is 54.6 Å². The second kappa shape index (κ2) is 12.9. The van der Waals surface area contributed by atoms with Crippen molar-refractivity contribution in [2.45, 2.75) is 71.3 Å². The Labute approximate surface area is 215 Å². The predicted molar refractivity (Wildman–Crippen MR) is 140 cm³/mol. The zero-order valence-corrected chi connectivity index (χ0v) is 22.2. The Balaban J connectivity index is 1.80. The fraction of sp³-hybridized carbons (Fsp3) is 0.517. The molecule has 0 aliphatic carbocycles. The van der Waals surface area contributed by atoms with Crippen LogP contribution >= 0.6 is 0 Å². The van der Waals surface area contributed by atoms with Crippen molar-refractivity contribution in [1.29, 1.82) is 0 Å². The average Bonchev–Trinajstić information content (AvgIpc) is 3.21. The van der Waals surface area contributed by atoms with Crippen LogP contribution < -0.4 is 4.74 Å². The summed E-state index contributed by atoms with van der Waals surface area (Å²) in [5.74, 6) is 0.356. The van der Waals surface area contributed by atoms with Crippen LogP contribution in [0.3, 0.4) is 0 Å². The van der Waals surface area contributed by atoms with Gasteiger partial charge in [-0.1, -0.05) is 42.5 Å². The van der Waals surface area contributed by atoms with E-state index in [9.17, 15) is 9.59 Å². The Morgan fingerprint density at radius 1 is 1.00 bits per heavy atom. The minimum atomic E-state index is -0.551. The molecule has 0 unspecified atom stereocenters. The van der Waals surface area contributed by atoms with E-state index in [-0.39, 0.29) is 30.6 Å². The summed E-state index contributed by atoms with van der Waals surface area (Å²) in [5, 5.41) is 0. The molecule has 1 saturated heterocycles. The largest absolute Gasteiger partial charge is 0.497 e. The molecular formula is C29H40N2O5. The molecule has 0 radical (unpaired) electrons. The van der Waals surface area contributed by atoms with Crippen molar-refractivity contribution in [3.05, 3.63) is 65.7 Å². The van der Waals surface area contributed by atoms with E-state index in [1.165, 1.54) is 0 Å². The summed E-state index contributed by atoms with van der Waals surface area (Å²) in [6.07, 6.45) is 1.59. The highest BCUT2D eigenvalue weighted by molar-refractivity contribution is 5.76. The number of hydrogen-bond donors (Lipinski definition) is 0. The maximum atomic E-state index is 12.8. The first-order valence-corrected chi connectivity index (χ1v) is 12.7. The van der Waals surface area contributed by atoms with E-state index in [4.69, 9.17) is 14.2 Å². The summed E-state index contributed by atoms with van der Waals surface area (Å²) in [5.41, 5.74) is 1.67. The first-order chi connectivity index (χ1) is 17.2. The van der Waals surface area contributed by atoms with Crippen LogP contribution in [-0.2, 0) is 32.2 Å². The molecule has 2 atom stereocenters. The van der Waals surface area contributed by atoms with Crippen molar-refractivity contribution in [3.8, 4) is 5.75 Å². The number of nitrogens with zero attached hydrogens (tertiary/aromatic N) is 2. The van der Waals surface area contributed by atoms with Gasteiger partial charge in [-0.3, -0.25) is 19.4 Å². The molecule has 2 aromatic rings. The first kappa shape index (κ1) is 27.7. The van der Waals surface area contributed by atoms with E-state index in [1.807, 2.05) is 70.2 Å².